The lowest BCUT2D eigenvalue weighted by atomic mass is 9.87. The summed E-state index contributed by atoms with van der Waals surface area (Å²) in [5.41, 5.74) is 1.24. The highest BCUT2D eigenvalue weighted by Gasteiger charge is 2.32. The van der Waals surface area contributed by atoms with Crippen LogP contribution in [0, 0.1) is 11.8 Å². The van der Waals surface area contributed by atoms with Gasteiger partial charge in [0.25, 0.3) is 0 Å². The number of likely N-dealkylation sites (tertiary alicyclic amines) is 1. The number of rotatable bonds is 6. The molecule has 0 radical (unpaired) electrons. The van der Waals surface area contributed by atoms with Crippen molar-refractivity contribution in [2.75, 3.05) is 26.3 Å². The minimum absolute atomic E-state index is 0.0257. The molecule has 2 heterocycles. The van der Waals surface area contributed by atoms with Crippen molar-refractivity contribution in [3.8, 4) is 0 Å². The van der Waals surface area contributed by atoms with Crippen molar-refractivity contribution < 1.29 is 14.6 Å². The molecule has 0 saturated carbocycles. The summed E-state index contributed by atoms with van der Waals surface area (Å²) in [7, 11) is 0. The molecule has 0 aromatic heterocycles. The van der Waals surface area contributed by atoms with Crippen LogP contribution >= 0.6 is 0 Å². The number of ether oxygens (including phenoxy) is 1. The van der Waals surface area contributed by atoms with E-state index in [1.54, 1.807) is 0 Å². The van der Waals surface area contributed by atoms with Crippen LogP contribution < -0.4 is 5.32 Å². The summed E-state index contributed by atoms with van der Waals surface area (Å²) in [6.45, 7) is 5.65. The Hall–Kier alpha value is -1.43. The molecule has 1 amide bonds. The van der Waals surface area contributed by atoms with Crippen LogP contribution in [-0.4, -0.2) is 54.4 Å². The van der Waals surface area contributed by atoms with E-state index in [9.17, 15) is 9.90 Å². The first kappa shape index (κ1) is 18.4. The number of benzene rings is 1. The lowest BCUT2D eigenvalue weighted by Crippen LogP contribution is -2.43. The van der Waals surface area contributed by atoms with Gasteiger partial charge in [0.1, 0.15) is 0 Å². The van der Waals surface area contributed by atoms with Crippen LogP contribution in [0.3, 0.4) is 0 Å². The number of aliphatic hydroxyl groups is 1. The topological polar surface area (TPSA) is 61.8 Å². The van der Waals surface area contributed by atoms with E-state index in [1.165, 1.54) is 5.56 Å². The first-order valence-corrected chi connectivity index (χ1v) is 9.45. The Morgan fingerprint density at radius 3 is 2.76 bits per heavy atom. The molecule has 3 atom stereocenters. The van der Waals surface area contributed by atoms with E-state index in [4.69, 9.17) is 4.74 Å². The first-order valence-electron chi connectivity index (χ1n) is 9.45. The summed E-state index contributed by atoms with van der Waals surface area (Å²) >= 11 is 0. The van der Waals surface area contributed by atoms with Crippen molar-refractivity contribution >= 4 is 5.91 Å². The lowest BCUT2D eigenvalue weighted by Gasteiger charge is -2.28. The van der Waals surface area contributed by atoms with Crippen LogP contribution in [0.1, 0.15) is 31.7 Å². The normalized spacial score (nSPS) is 26.5. The van der Waals surface area contributed by atoms with E-state index >= 15 is 0 Å². The molecule has 0 bridgehead atoms. The van der Waals surface area contributed by atoms with Gasteiger partial charge in [-0.3, -0.25) is 9.69 Å². The molecule has 2 aliphatic rings. The summed E-state index contributed by atoms with van der Waals surface area (Å²) in [5.74, 6) is 0.578. The zero-order chi connectivity index (χ0) is 17.6. The molecule has 0 spiro atoms. The Labute approximate surface area is 150 Å². The molecule has 3 rings (SSSR count). The molecule has 5 nitrogen and oxygen atoms in total. The lowest BCUT2D eigenvalue weighted by molar-refractivity contribution is -0.127. The van der Waals surface area contributed by atoms with Gasteiger partial charge in [0.2, 0.25) is 5.91 Å². The molecule has 2 fully saturated rings. The highest BCUT2D eigenvalue weighted by atomic mass is 16.5. The number of amides is 1. The van der Waals surface area contributed by atoms with Crippen molar-refractivity contribution in [3.05, 3.63) is 35.9 Å². The Morgan fingerprint density at radius 1 is 1.32 bits per heavy atom. The maximum atomic E-state index is 12.5. The quantitative estimate of drug-likeness (QED) is 0.825. The van der Waals surface area contributed by atoms with Crippen LogP contribution in [0.2, 0.25) is 0 Å². The number of carbonyl (C=O) groups is 1. The van der Waals surface area contributed by atoms with Gasteiger partial charge in [0.05, 0.1) is 6.10 Å². The van der Waals surface area contributed by atoms with Crippen LogP contribution in [0.25, 0.3) is 0 Å². The number of nitrogens with zero attached hydrogens (tertiary/aromatic N) is 1. The van der Waals surface area contributed by atoms with Crippen LogP contribution in [0.5, 0.6) is 0 Å². The molecular formula is C20H30N2O3. The summed E-state index contributed by atoms with van der Waals surface area (Å²) in [5, 5.41) is 13.2. The first-order chi connectivity index (χ1) is 12.1. The predicted octanol–water partition coefficient (Wildman–Crippen LogP) is 1.80. The fraction of sp³-hybridized carbons (Fsp3) is 0.650. The number of hydrogen-bond donors (Lipinski definition) is 2. The van der Waals surface area contributed by atoms with Gasteiger partial charge < -0.3 is 15.2 Å². The molecule has 25 heavy (non-hydrogen) atoms. The zero-order valence-electron chi connectivity index (χ0n) is 15.1. The van der Waals surface area contributed by atoms with E-state index < -0.39 is 0 Å². The molecule has 2 aliphatic heterocycles. The summed E-state index contributed by atoms with van der Waals surface area (Å²) < 4.78 is 5.39. The van der Waals surface area contributed by atoms with Gasteiger partial charge in [-0.1, -0.05) is 37.3 Å². The minimum Gasteiger partial charge on any atom is -0.392 e. The van der Waals surface area contributed by atoms with Crippen molar-refractivity contribution in [1.82, 2.24) is 10.2 Å². The van der Waals surface area contributed by atoms with E-state index in [0.717, 1.165) is 39.0 Å². The van der Waals surface area contributed by atoms with Gasteiger partial charge in [-0.2, -0.15) is 0 Å². The monoisotopic (exact) mass is 346 g/mol. The average Bonchev–Trinajstić information content (AvgIpc) is 3.00. The summed E-state index contributed by atoms with van der Waals surface area (Å²) in [4.78, 5) is 14.8. The number of aliphatic hydroxyl groups excluding tert-OH is 1. The van der Waals surface area contributed by atoms with Crippen LogP contribution in [-0.2, 0) is 16.1 Å². The van der Waals surface area contributed by atoms with E-state index in [0.29, 0.717) is 19.0 Å². The fourth-order valence-electron chi connectivity index (χ4n) is 3.99. The predicted molar refractivity (Wildman–Crippen MR) is 97.0 cm³/mol. The third kappa shape index (κ3) is 5.03. The number of nitrogens with one attached hydrogen (secondary N) is 1. The Kier molecular flexibility index (Phi) is 6.45. The fourth-order valence-corrected chi connectivity index (χ4v) is 3.99. The molecule has 0 aliphatic carbocycles. The third-order valence-corrected chi connectivity index (χ3v) is 5.63. The molecule has 138 valence electrons. The minimum atomic E-state index is -0.307. The Balaban J connectivity index is 1.50. The van der Waals surface area contributed by atoms with Crippen molar-refractivity contribution in [3.63, 3.8) is 0 Å². The van der Waals surface area contributed by atoms with Crippen molar-refractivity contribution in [2.45, 2.75) is 44.9 Å². The van der Waals surface area contributed by atoms with Gasteiger partial charge in [0.15, 0.2) is 0 Å². The molecule has 5 heteroatoms. The zero-order valence-corrected chi connectivity index (χ0v) is 15.1. The van der Waals surface area contributed by atoms with Gasteiger partial charge >= 0.3 is 0 Å². The van der Waals surface area contributed by atoms with Gasteiger partial charge in [-0.25, -0.2) is 0 Å². The van der Waals surface area contributed by atoms with Crippen LogP contribution in [0.4, 0.5) is 0 Å². The van der Waals surface area contributed by atoms with E-state index in [-0.39, 0.29) is 24.0 Å². The smallest absolute Gasteiger partial charge is 0.223 e. The number of β-amino-alcohol motifs (C(OH)–C–C–N with tert-alkyl or cyclic N) is 1. The van der Waals surface area contributed by atoms with Gasteiger partial charge in [-0.05, 0) is 30.7 Å². The van der Waals surface area contributed by atoms with Crippen LogP contribution in [0.15, 0.2) is 30.3 Å². The SMILES string of the molecule is CC(C(=O)NCC1CC(O)CN1Cc1ccccc1)C1CCOCC1. The molecule has 2 N–H and O–H groups in total. The maximum absolute atomic E-state index is 12.5. The average molecular weight is 346 g/mol. The van der Waals surface area contributed by atoms with E-state index in [2.05, 4.69) is 22.3 Å². The Bertz CT molecular complexity index is 545. The second kappa shape index (κ2) is 8.79. The van der Waals surface area contributed by atoms with Gasteiger partial charge in [-0.15, -0.1) is 0 Å². The number of hydrogen-bond acceptors (Lipinski definition) is 4. The summed E-state index contributed by atoms with van der Waals surface area (Å²) in [6, 6.07) is 10.5. The largest absolute Gasteiger partial charge is 0.392 e. The molecule has 3 unspecified atom stereocenters. The highest BCUT2D eigenvalue weighted by Crippen LogP contribution is 2.24. The second-order valence-corrected chi connectivity index (χ2v) is 7.44. The summed E-state index contributed by atoms with van der Waals surface area (Å²) in [6.07, 6.45) is 2.35. The van der Waals surface area contributed by atoms with E-state index in [1.807, 2.05) is 25.1 Å². The van der Waals surface area contributed by atoms with Crippen molar-refractivity contribution in [2.24, 2.45) is 11.8 Å². The van der Waals surface area contributed by atoms with Gasteiger partial charge in [0, 0.05) is 44.8 Å². The second-order valence-electron chi connectivity index (χ2n) is 7.44. The standard InChI is InChI=1S/C20H30N2O3/c1-15(17-7-9-25-10-8-17)20(24)21-12-18-11-19(23)14-22(18)13-16-5-3-2-4-6-16/h2-6,15,17-19,23H,7-14H2,1H3,(H,21,24). The number of carbonyl (C=O) groups excluding carboxylic acids is 1. The van der Waals surface area contributed by atoms with Crippen molar-refractivity contribution in [1.29, 1.82) is 0 Å². The third-order valence-electron chi connectivity index (χ3n) is 5.63. The molecular weight excluding hydrogens is 316 g/mol. The molecule has 1 aromatic carbocycles. The maximum Gasteiger partial charge on any atom is 0.223 e. The Morgan fingerprint density at radius 2 is 2.04 bits per heavy atom. The molecule has 1 aromatic rings. The molecule has 2 saturated heterocycles. The highest BCUT2D eigenvalue weighted by molar-refractivity contribution is 5.78.